The van der Waals surface area contributed by atoms with Crippen LogP contribution in [0.5, 0.6) is 0 Å². The summed E-state index contributed by atoms with van der Waals surface area (Å²) in [6, 6.07) is 4.31. The molecule has 0 aromatic heterocycles. The number of nitrogens with two attached hydrogens (primary N) is 1. The van der Waals surface area contributed by atoms with Crippen LogP contribution in [0.2, 0.25) is 5.02 Å². The molecule has 0 amide bonds. The Hall–Kier alpha value is -0.900. The lowest BCUT2D eigenvalue weighted by molar-refractivity contribution is 0.541. The van der Waals surface area contributed by atoms with E-state index in [4.69, 9.17) is 17.4 Å². The van der Waals surface area contributed by atoms with Crippen LogP contribution in [0.3, 0.4) is 0 Å². The number of hydrazine groups is 1. The van der Waals surface area contributed by atoms with E-state index in [-0.39, 0.29) is 11.9 Å². The van der Waals surface area contributed by atoms with Crippen molar-refractivity contribution in [2.45, 2.75) is 38.1 Å². The second-order valence-corrected chi connectivity index (χ2v) is 5.08. The van der Waals surface area contributed by atoms with Gasteiger partial charge in [0, 0.05) is 10.6 Å². The third-order valence-electron chi connectivity index (χ3n) is 3.38. The predicted molar refractivity (Wildman–Crippen MR) is 72.6 cm³/mol. The predicted octanol–water partition coefficient (Wildman–Crippen LogP) is 3.87. The van der Waals surface area contributed by atoms with Crippen molar-refractivity contribution >= 4 is 11.6 Å². The number of rotatable bonds is 3. The first-order valence-corrected chi connectivity index (χ1v) is 6.70. The van der Waals surface area contributed by atoms with Gasteiger partial charge in [0.25, 0.3) is 0 Å². The number of hydrogen-bond acceptors (Lipinski definition) is 2. The highest BCUT2D eigenvalue weighted by molar-refractivity contribution is 6.30. The highest BCUT2D eigenvalue weighted by Gasteiger charge is 2.19. The van der Waals surface area contributed by atoms with Crippen molar-refractivity contribution in [3.8, 4) is 0 Å². The van der Waals surface area contributed by atoms with Crippen LogP contribution >= 0.6 is 11.6 Å². The van der Waals surface area contributed by atoms with E-state index in [2.05, 4.69) is 11.5 Å². The molecule has 1 aliphatic rings. The lowest BCUT2D eigenvalue weighted by Gasteiger charge is -2.20. The Morgan fingerprint density at radius 2 is 2.11 bits per heavy atom. The largest absolute Gasteiger partial charge is 0.271 e. The highest BCUT2D eigenvalue weighted by atomic mass is 35.5. The molecule has 0 radical (unpaired) electrons. The van der Waals surface area contributed by atoms with E-state index in [1.807, 2.05) is 0 Å². The molecular formula is C14H18ClFN2. The summed E-state index contributed by atoms with van der Waals surface area (Å²) in [5.74, 6) is 5.33. The van der Waals surface area contributed by atoms with E-state index < -0.39 is 0 Å². The molecule has 1 atom stereocenters. The van der Waals surface area contributed by atoms with Crippen molar-refractivity contribution in [1.82, 2.24) is 5.43 Å². The maximum atomic E-state index is 13.9. The minimum atomic E-state index is -0.276. The Morgan fingerprint density at radius 3 is 2.89 bits per heavy atom. The maximum Gasteiger partial charge on any atom is 0.128 e. The average molecular weight is 269 g/mol. The standard InChI is InChI=1S/C14H18ClFN2/c15-11-7-8-13(16)12(9-11)14(18-17)10-5-3-1-2-4-6-10/h5,7-9,14,18H,1-4,6,17H2. The first-order chi connectivity index (χ1) is 8.72. The number of halogens is 2. The first kappa shape index (κ1) is 13.5. The molecule has 3 N–H and O–H groups in total. The highest BCUT2D eigenvalue weighted by Crippen LogP contribution is 2.31. The molecule has 0 saturated heterocycles. The zero-order valence-corrected chi connectivity index (χ0v) is 11.0. The number of nitrogens with one attached hydrogen (secondary N) is 1. The second kappa shape index (κ2) is 6.32. The summed E-state index contributed by atoms with van der Waals surface area (Å²) in [5.41, 5.74) is 4.41. The molecule has 0 fully saturated rings. The fourth-order valence-corrected chi connectivity index (χ4v) is 2.61. The van der Waals surface area contributed by atoms with Gasteiger partial charge < -0.3 is 0 Å². The van der Waals surface area contributed by atoms with Crippen LogP contribution in [0.15, 0.2) is 29.8 Å². The van der Waals surface area contributed by atoms with Gasteiger partial charge in [-0.2, -0.15) is 0 Å². The van der Waals surface area contributed by atoms with Gasteiger partial charge >= 0.3 is 0 Å². The molecule has 0 spiro atoms. The van der Waals surface area contributed by atoms with Crippen molar-refractivity contribution in [2.24, 2.45) is 5.84 Å². The van der Waals surface area contributed by atoms with Gasteiger partial charge in [-0.3, -0.25) is 5.84 Å². The Balaban J connectivity index is 2.32. The van der Waals surface area contributed by atoms with E-state index in [1.165, 1.54) is 18.9 Å². The van der Waals surface area contributed by atoms with Gasteiger partial charge in [-0.25, -0.2) is 9.82 Å². The molecule has 1 aliphatic carbocycles. The van der Waals surface area contributed by atoms with E-state index >= 15 is 0 Å². The van der Waals surface area contributed by atoms with Crippen molar-refractivity contribution < 1.29 is 4.39 Å². The van der Waals surface area contributed by atoms with E-state index in [0.717, 1.165) is 24.8 Å². The van der Waals surface area contributed by atoms with Gasteiger partial charge in [-0.15, -0.1) is 0 Å². The van der Waals surface area contributed by atoms with Crippen LogP contribution in [0.1, 0.15) is 43.7 Å². The summed E-state index contributed by atoms with van der Waals surface area (Å²) in [5, 5.41) is 0.529. The molecule has 1 unspecified atom stereocenters. The lowest BCUT2D eigenvalue weighted by Crippen LogP contribution is -2.30. The Morgan fingerprint density at radius 1 is 1.28 bits per heavy atom. The molecule has 1 aromatic carbocycles. The zero-order chi connectivity index (χ0) is 13.0. The number of hydrogen-bond donors (Lipinski definition) is 2. The quantitative estimate of drug-likeness (QED) is 0.496. The molecule has 18 heavy (non-hydrogen) atoms. The van der Waals surface area contributed by atoms with E-state index in [0.29, 0.717) is 10.6 Å². The molecule has 1 aromatic rings. The van der Waals surface area contributed by atoms with Crippen molar-refractivity contribution in [2.75, 3.05) is 0 Å². The summed E-state index contributed by atoms with van der Waals surface area (Å²) in [6.07, 6.45) is 7.72. The smallest absolute Gasteiger partial charge is 0.128 e. The van der Waals surface area contributed by atoms with Gasteiger partial charge in [0.1, 0.15) is 5.82 Å². The summed E-state index contributed by atoms with van der Waals surface area (Å²) >= 11 is 5.93. The van der Waals surface area contributed by atoms with Crippen molar-refractivity contribution in [3.63, 3.8) is 0 Å². The normalized spacial score (nSPS) is 18.1. The fraction of sp³-hybridized carbons (Fsp3) is 0.429. The lowest BCUT2D eigenvalue weighted by atomic mass is 9.95. The zero-order valence-electron chi connectivity index (χ0n) is 10.3. The van der Waals surface area contributed by atoms with Crippen LogP contribution in [0.4, 0.5) is 4.39 Å². The minimum absolute atomic E-state index is 0.271. The third kappa shape index (κ3) is 3.10. The Bertz CT molecular complexity index is 445. The first-order valence-electron chi connectivity index (χ1n) is 6.32. The van der Waals surface area contributed by atoms with Crippen LogP contribution in [0.25, 0.3) is 0 Å². The molecular weight excluding hydrogens is 251 g/mol. The summed E-state index contributed by atoms with van der Waals surface area (Å²) in [6.45, 7) is 0. The van der Waals surface area contributed by atoms with Crippen LogP contribution < -0.4 is 11.3 Å². The molecule has 0 heterocycles. The van der Waals surface area contributed by atoms with Crippen molar-refractivity contribution in [1.29, 1.82) is 0 Å². The molecule has 0 saturated carbocycles. The summed E-state index contributed by atoms with van der Waals surface area (Å²) < 4.78 is 13.9. The third-order valence-corrected chi connectivity index (χ3v) is 3.62. The van der Waals surface area contributed by atoms with Crippen LogP contribution in [-0.4, -0.2) is 0 Å². The van der Waals surface area contributed by atoms with E-state index in [9.17, 15) is 4.39 Å². The Labute approximate surface area is 112 Å². The summed E-state index contributed by atoms with van der Waals surface area (Å²) in [4.78, 5) is 0. The van der Waals surface area contributed by atoms with E-state index in [1.54, 1.807) is 12.1 Å². The van der Waals surface area contributed by atoms with Gasteiger partial charge in [0.05, 0.1) is 6.04 Å². The van der Waals surface area contributed by atoms with Crippen LogP contribution in [-0.2, 0) is 0 Å². The maximum absolute atomic E-state index is 13.9. The summed E-state index contributed by atoms with van der Waals surface area (Å²) in [7, 11) is 0. The van der Waals surface area contributed by atoms with Gasteiger partial charge in [0.15, 0.2) is 0 Å². The molecule has 2 nitrogen and oxygen atoms in total. The molecule has 98 valence electrons. The van der Waals surface area contributed by atoms with Crippen LogP contribution in [0, 0.1) is 5.82 Å². The monoisotopic (exact) mass is 268 g/mol. The van der Waals surface area contributed by atoms with Crippen molar-refractivity contribution in [3.05, 3.63) is 46.3 Å². The number of benzene rings is 1. The van der Waals surface area contributed by atoms with Gasteiger partial charge in [0.2, 0.25) is 0 Å². The average Bonchev–Trinajstić information content (AvgIpc) is 2.64. The minimum Gasteiger partial charge on any atom is -0.271 e. The second-order valence-electron chi connectivity index (χ2n) is 4.64. The molecule has 4 heteroatoms. The number of allylic oxidation sites excluding steroid dienone is 1. The van der Waals surface area contributed by atoms with Gasteiger partial charge in [-0.05, 0) is 43.9 Å². The molecule has 0 aliphatic heterocycles. The molecule has 0 bridgehead atoms. The topological polar surface area (TPSA) is 38.0 Å². The van der Waals surface area contributed by atoms with Gasteiger partial charge in [-0.1, -0.05) is 29.7 Å². The Kier molecular flexibility index (Phi) is 4.75. The molecule has 2 rings (SSSR count). The SMILES string of the molecule is NNC(C1=CCCCCC1)c1cc(Cl)ccc1F. The fourth-order valence-electron chi connectivity index (χ4n) is 2.43.